The molecule has 0 aliphatic carbocycles. The molecule has 268 valence electrons. The van der Waals surface area contributed by atoms with E-state index in [0.717, 1.165) is 6.07 Å². The summed E-state index contributed by atoms with van der Waals surface area (Å²) in [6, 6.07) is 7.31. The second kappa shape index (κ2) is 18.1. The molecule has 0 aliphatic heterocycles. The highest BCUT2D eigenvalue weighted by atomic mass is 19.1. The second-order valence-electron chi connectivity index (χ2n) is 10.8. The standard InChI is InChI=1S/C33H36F2N4O11/c1-3-25(39(48)17-40)21(9-6-18-5-8-20(34)14-23(18)35)30(43)36-16-37-32(45)27-12-11-26(50-27)19-7-10-22(28(13-19)49-4-2)31(44)38-24(33(46)47)15-29(41)42/h5,7-8,10-14,17,21,24-25,48H,3-4,6,9,15-16H2,1-2H3,(H,36,43)(H,37,45)(H,38,44)(H,41,42)(H,46,47)/t21-,24?,25-/m1/s1. The number of benzene rings is 2. The van der Waals surface area contributed by atoms with Crippen molar-refractivity contribution in [2.75, 3.05) is 13.3 Å². The lowest BCUT2D eigenvalue weighted by molar-refractivity contribution is -0.168. The molecule has 0 bridgehead atoms. The topological polar surface area (TPSA) is 225 Å². The molecule has 6 N–H and O–H groups in total. The fourth-order valence-corrected chi connectivity index (χ4v) is 5.06. The number of halogens is 2. The van der Waals surface area contributed by atoms with Crippen molar-refractivity contribution in [3.8, 4) is 17.1 Å². The number of aryl methyl sites for hydroxylation is 1. The lowest BCUT2D eigenvalue weighted by Gasteiger charge is -2.29. The average Bonchev–Trinajstić information content (AvgIpc) is 3.57. The minimum atomic E-state index is -1.68. The van der Waals surface area contributed by atoms with Crippen LogP contribution in [0.5, 0.6) is 5.75 Å². The number of nitrogens with zero attached hydrogens (tertiary/aromatic N) is 1. The predicted molar refractivity (Wildman–Crippen MR) is 169 cm³/mol. The van der Waals surface area contributed by atoms with E-state index in [-0.39, 0.29) is 60.7 Å². The van der Waals surface area contributed by atoms with E-state index in [4.69, 9.17) is 14.3 Å². The third-order valence-corrected chi connectivity index (χ3v) is 7.54. The SMILES string of the molecule is CCOc1cc(-c2ccc(C(=O)NCNC(=O)[C@H](CCc3ccc(F)cc3F)[C@@H](CC)N(O)C=O)o2)ccc1C(=O)NC(CC(=O)O)C(=O)O. The number of carbonyl (C=O) groups excluding carboxylic acids is 4. The Morgan fingerprint density at radius 2 is 1.72 bits per heavy atom. The number of hydrogen-bond acceptors (Lipinski definition) is 9. The van der Waals surface area contributed by atoms with E-state index in [0.29, 0.717) is 16.7 Å². The van der Waals surface area contributed by atoms with Crippen LogP contribution >= 0.6 is 0 Å². The summed E-state index contributed by atoms with van der Waals surface area (Å²) in [4.78, 5) is 72.4. The van der Waals surface area contributed by atoms with Crippen LogP contribution in [0.1, 0.15) is 59.6 Å². The number of ether oxygens (including phenoxy) is 1. The summed E-state index contributed by atoms with van der Waals surface area (Å²) in [5, 5.41) is 35.7. The van der Waals surface area contributed by atoms with Gasteiger partial charge in [-0.2, -0.15) is 0 Å². The van der Waals surface area contributed by atoms with Crippen LogP contribution in [-0.4, -0.2) is 81.9 Å². The van der Waals surface area contributed by atoms with Gasteiger partial charge in [-0.1, -0.05) is 19.1 Å². The van der Waals surface area contributed by atoms with Crippen LogP contribution in [0.15, 0.2) is 52.9 Å². The third kappa shape index (κ3) is 10.3. The van der Waals surface area contributed by atoms with Gasteiger partial charge in [-0.15, -0.1) is 0 Å². The van der Waals surface area contributed by atoms with Gasteiger partial charge in [-0.05, 0) is 62.1 Å². The number of carboxylic acids is 2. The van der Waals surface area contributed by atoms with E-state index in [9.17, 15) is 47.9 Å². The maximum atomic E-state index is 14.2. The van der Waals surface area contributed by atoms with Gasteiger partial charge >= 0.3 is 11.9 Å². The number of amides is 4. The summed E-state index contributed by atoms with van der Waals surface area (Å²) in [6.45, 7) is 3.00. The predicted octanol–water partition coefficient (Wildman–Crippen LogP) is 2.96. The van der Waals surface area contributed by atoms with Crippen LogP contribution in [-0.2, 0) is 25.6 Å². The van der Waals surface area contributed by atoms with Gasteiger partial charge in [0.2, 0.25) is 12.3 Å². The minimum Gasteiger partial charge on any atom is -0.493 e. The van der Waals surface area contributed by atoms with Crippen molar-refractivity contribution >= 4 is 36.1 Å². The molecule has 0 radical (unpaired) electrons. The van der Waals surface area contributed by atoms with E-state index in [2.05, 4.69) is 16.0 Å². The molecule has 0 saturated heterocycles. The van der Waals surface area contributed by atoms with E-state index in [1.54, 1.807) is 13.8 Å². The highest BCUT2D eigenvalue weighted by Crippen LogP contribution is 2.29. The van der Waals surface area contributed by atoms with Gasteiger partial charge in [0, 0.05) is 11.6 Å². The Balaban J connectivity index is 1.68. The lowest BCUT2D eigenvalue weighted by atomic mass is 9.89. The molecule has 3 atom stereocenters. The molecule has 0 aliphatic rings. The number of nitrogens with one attached hydrogen (secondary N) is 3. The Bertz CT molecular complexity index is 1710. The highest BCUT2D eigenvalue weighted by molar-refractivity contribution is 6.00. The fraction of sp³-hybridized carbons (Fsp3) is 0.333. The summed E-state index contributed by atoms with van der Waals surface area (Å²) in [7, 11) is 0. The van der Waals surface area contributed by atoms with Gasteiger partial charge in [-0.3, -0.25) is 29.2 Å². The van der Waals surface area contributed by atoms with Crippen LogP contribution in [0.4, 0.5) is 8.78 Å². The maximum Gasteiger partial charge on any atom is 0.326 e. The zero-order chi connectivity index (χ0) is 37.0. The normalized spacial score (nSPS) is 12.6. The quantitative estimate of drug-likeness (QED) is 0.0461. The van der Waals surface area contributed by atoms with Crippen molar-refractivity contribution in [2.24, 2.45) is 5.92 Å². The molecule has 3 aromatic rings. The molecule has 0 spiro atoms. The van der Waals surface area contributed by atoms with Crippen LogP contribution in [0, 0.1) is 17.6 Å². The van der Waals surface area contributed by atoms with Gasteiger partial charge in [0.1, 0.15) is 29.2 Å². The summed E-state index contributed by atoms with van der Waals surface area (Å²) >= 11 is 0. The van der Waals surface area contributed by atoms with Crippen molar-refractivity contribution in [2.45, 2.75) is 51.6 Å². The van der Waals surface area contributed by atoms with E-state index >= 15 is 0 Å². The van der Waals surface area contributed by atoms with Crippen molar-refractivity contribution in [1.29, 1.82) is 0 Å². The van der Waals surface area contributed by atoms with Crippen molar-refractivity contribution < 1.29 is 62.1 Å². The largest absolute Gasteiger partial charge is 0.493 e. The number of carboxylic acid groups (broad SMARTS) is 2. The van der Waals surface area contributed by atoms with Crippen LogP contribution in [0.25, 0.3) is 11.3 Å². The van der Waals surface area contributed by atoms with Crippen LogP contribution < -0.4 is 20.7 Å². The number of carbonyl (C=O) groups is 6. The summed E-state index contributed by atoms with van der Waals surface area (Å²) in [6.07, 6.45) is -0.589. The molecule has 1 heterocycles. The van der Waals surface area contributed by atoms with Crippen molar-refractivity contribution in [1.82, 2.24) is 21.0 Å². The molecule has 3 rings (SSSR count). The first-order valence-corrected chi connectivity index (χ1v) is 15.3. The molecular weight excluding hydrogens is 666 g/mol. The minimum absolute atomic E-state index is 0.0147. The van der Waals surface area contributed by atoms with Crippen LogP contribution in [0.2, 0.25) is 0 Å². The molecule has 15 nitrogen and oxygen atoms in total. The monoisotopic (exact) mass is 702 g/mol. The number of aliphatic carboxylic acids is 2. The molecule has 0 saturated carbocycles. The molecule has 4 amide bonds. The van der Waals surface area contributed by atoms with Gasteiger partial charge in [0.25, 0.3) is 11.8 Å². The molecule has 1 unspecified atom stereocenters. The second-order valence-corrected chi connectivity index (χ2v) is 10.8. The maximum absolute atomic E-state index is 14.2. The smallest absolute Gasteiger partial charge is 0.326 e. The number of furan rings is 1. The van der Waals surface area contributed by atoms with E-state index in [1.165, 1.54) is 36.4 Å². The average molecular weight is 703 g/mol. The van der Waals surface area contributed by atoms with Gasteiger partial charge in [0.15, 0.2) is 5.76 Å². The summed E-state index contributed by atoms with van der Waals surface area (Å²) in [5.41, 5.74) is 0.425. The molecule has 1 aromatic heterocycles. The van der Waals surface area contributed by atoms with Crippen molar-refractivity contribution in [3.05, 3.63) is 77.1 Å². The Kier molecular flexibility index (Phi) is 14.0. The number of rotatable bonds is 19. The van der Waals surface area contributed by atoms with E-state index < -0.39 is 72.4 Å². The van der Waals surface area contributed by atoms with Crippen LogP contribution in [0.3, 0.4) is 0 Å². The summed E-state index contributed by atoms with van der Waals surface area (Å²) in [5.74, 6) is -7.80. The third-order valence-electron chi connectivity index (χ3n) is 7.54. The zero-order valence-electron chi connectivity index (χ0n) is 27.0. The zero-order valence-corrected chi connectivity index (χ0v) is 27.0. The Labute approximate surface area is 284 Å². The summed E-state index contributed by atoms with van der Waals surface area (Å²) < 4.78 is 38.7. The first-order valence-electron chi connectivity index (χ1n) is 15.3. The van der Waals surface area contributed by atoms with Gasteiger partial charge < -0.3 is 35.3 Å². The number of hydroxylamine groups is 2. The molecular formula is C33H36F2N4O11. The van der Waals surface area contributed by atoms with E-state index in [1.807, 2.05) is 0 Å². The molecule has 2 aromatic carbocycles. The molecule has 0 fully saturated rings. The Morgan fingerprint density at radius 1 is 0.980 bits per heavy atom. The first kappa shape index (κ1) is 38.6. The lowest BCUT2D eigenvalue weighted by Crippen LogP contribution is -2.47. The Hall–Kier alpha value is -5.84. The van der Waals surface area contributed by atoms with Gasteiger partial charge in [0.05, 0.1) is 37.2 Å². The molecule has 50 heavy (non-hydrogen) atoms. The van der Waals surface area contributed by atoms with Gasteiger partial charge in [-0.25, -0.2) is 18.6 Å². The van der Waals surface area contributed by atoms with Crippen molar-refractivity contribution in [3.63, 3.8) is 0 Å². The highest BCUT2D eigenvalue weighted by Gasteiger charge is 2.31. The Morgan fingerprint density at radius 3 is 2.34 bits per heavy atom. The first-order chi connectivity index (χ1) is 23.8. The fourth-order valence-electron chi connectivity index (χ4n) is 5.06. The number of hydrogen-bond donors (Lipinski definition) is 6. The molecule has 17 heteroatoms.